The molecule has 0 spiro atoms. The van der Waals surface area contributed by atoms with Gasteiger partial charge in [0.1, 0.15) is 12.6 Å². The molecule has 112 valence electrons. The van der Waals surface area contributed by atoms with E-state index in [1.165, 1.54) is 10.9 Å². The molecule has 1 heterocycles. The van der Waals surface area contributed by atoms with Gasteiger partial charge in [0.2, 0.25) is 5.91 Å². The van der Waals surface area contributed by atoms with E-state index in [-0.39, 0.29) is 12.1 Å². The molecule has 1 amide bonds. The van der Waals surface area contributed by atoms with Gasteiger partial charge in [0.15, 0.2) is 0 Å². The van der Waals surface area contributed by atoms with Crippen LogP contribution in [0.1, 0.15) is 5.56 Å². The number of hydrogen-bond acceptors (Lipinski definition) is 4. The lowest BCUT2D eigenvalue weighted by Crippen LogP contribution is -2.28. The average Bonchev–Trinajstić information content (AvgIpc) is 2.58. The molecule has 1 aromatic heterocycles. The van der Waals surface area contributed by atoms with Gasteiger partial charge in [-0.3, -0.25) is 14.2 Å². The molecule has 0 fully saturated rings. The van der Waals surface area contributed by atoms with Gasteiger partial charge in [-0.2, -0.15) is 5.26 Å². The third kappa shape index (κ3) is 2.94. The number of para-hydroxylation sites is 2. The quantitative estimate of drug-likeness (QED) is 0.800. The van der Waals surface area contributed by atoms with Crippen LogP contribution in [0.2, 0.25) is 0 Å². The molecule has 2 aromatic carbocycles. The van der Waals surface area contributed by atoms with E-state index in [2.05, 4.69) is 10.3 Å². The zero-order valence-electron chi connectivity index (χ0n) is 12.1. The molecule has 0 aliphatic heterocycles. The van der Waals surface area contributed by atoms with E-state index < -0.39 is 5.91 Å². The first kappa shape index (κ1) is 14.5. The number of nitriles is 1. The second-order valence-corrected chi connectivity index (χ2v) is 4.90. The van der Waals surface area contributed by atoms with Crippen LogP contribution in [0.25, 0.3) is 10.9 Å². The summed E-state index contributed by atoms with van der Waals surface area (Å²) in [5.74, 6) is -0.396. The summed E-state index contributed by atoms with van der Waals surface area (Å²) >= 11 is 0. The Morgan fingerprint density at radius 3 is 2.74 bits per heavy atom. The number of carbonyl (C=O) groups excluding carboxylic acids is 1. The van der Waals surface area contributed by atoms with E-state index in [9.17, 15) is 9.59 Å². The van der Waals surface area contributed by atoms with E-state index in [4.69, 9.17) is 5.26 Å². The van der Waals surface area contributed by atoms with E-state index in [1.54, 1.807) is 48.5 Å². The molecule has 6 nitrogen and oxygen atoms in total. The number of aromatic nitrogens is 2. The molecule has 0 bridgehead atoms. The molecule has 0 aliphatic rings. The molecular weight excluding hydrogens is 292 g/mol. The van der Waals surface area contributed by atoms with E-state index in [0.717, 1.165) is 0 Å². The normalized spacial score (nSPS) is 10.2. The molecule has 1 N–H and O–H groups in total. The van der Waals surface area contributed by atoms with Crippen molar-refractivity contribution in [3.05, 3.63) is 70.8 Å². The molecule has 0 saturated carbocycles. The highest BCUT2D eigenvalue weighted by Gasteiger charge is 2.09. The van der Waals surface area contributed by atoms with Gasteiger partial charge in [-0.25, -0.2) is 4.98 Å². The van der Waals surface area contributed by atoms with Crippen LogP contribution in [0.4, 0.5) is 5.69 Å². The predicted octanol–water partition coefficient (Wildman–Crippen LogP) is 1.91. The summed E-state index contributed by atoms with van der Waals surface area (Å²) in [5, 5.41) is 12.1. The topological polar surface area (TPSA) is 87.8 Å². The molecule has 3 rings (SSSR count). The first-order valence-electron chi connectivity index (χ1n) is 6.92. The third-order valence-corrected chi connectivity index (χ3v) is 3.37. The highest BCUT2D eigenvalue weighted by Crippen LogP contribution is 2.13. The fourth-order valence-electron chi connectivity index (χ4n) is 2.25. The second-order valence-electron chi connectivity index (χ2n) is 4.90. The van der Waals surface area contributed by atoms with Gasteiger partial charge in [-0.05, 0) is 24.3 Å². The van der Waals surface area contributed by atoms with Crippen LogP contribution >= 0.6 is 0 Å². The van der Waals surface area contributed by atoms with Crippen molar-refractivity contribution in [1.82, 2.24) is 9.55 Å². The van der Waals surface area contributed by atoms with Crippen molar-refractivity contribution in [3.63, 3.8) is 0 Å². The smallest absolute Gasteiger partial charge is 0.261 e. The maximum atomic E-state index is 12.3. The summed E-state index contributed by atoms with van der Waals surface area (Å²) < 4.78 is 1.24. The first-order chi connectivity index (χ1) is 11.2. The largest absolute Gasteiger partial charge is 0.323 e. The molecule has 0 aliphatic carbocycles. The lowest BCUT2D eigenvalue weighted by Gasteiger charge is -2.09. The van der Waals surface area contributed by atoms with Crippen molar-refractivity contribution in [1.29, 1.82) is 5.26 Å². The summed E-state index contributed by atoms with van der Waals surface area (Å²) in [4.78, 5) is 28.6. The Bertz CT molecular complexity index is 986. The zero-order chi connectivity index (χ0) is 16.2. The van der Waals surface area contributed by atoms with Gasteiger partial charge in [0.05, 0.1) is 28.5 Å². The first-order valence-corrected chi connectivity index (χ1v) is 6.92. The molecule has 0 saturated heterocycles. The number of carbonyl (C=O) groups is 1. The summed E-state index contributed by atoms with van der Waals surface area (Å²) in [6.07, 6.45) is 1.35. The number of nitrogens with one attached hydrogen (secondary N) is 1. The van der Waals surface area contributed by atoms with Crippen LogP contribution in [0.5, 0.6) is 0 Å². The van der Waals surface area contributed by atoms with E-state index in [1.807, 2.05) is 6.07 Å². The SMILES string of the molecule is N#Cc1ccccc1NC(=O)Cn1cnc2ccccc2c1=O. The van der Waals surface area contributed by atoms with Gasteiger partial charge >= 0.3 is 0 Å². The molecule has 23 heavy (non-hydrogen) atoms. The molecule has 3 aromatic rings. The van der Waals surface area contributed by atoms with E-state index in [0.29, 0.717) is 22.2 Å². The Labute approximate surface area is 131 Å². The van der Waals surface area contributed by atoms with Gasteiger partial charge in [-0.1, -0.05) is 24.3 Å². The Balaban J connectivity index is 1.85. The van der Waals surface area contributed by atoms with Crippen molar-refractivity contribution < 1.29 is 4.79 Å². The van der Waals surface area contributed by atoms with Crippen LogP contribution in [-0.2, 0) is 11.3 Å². The van der Waals surface area contributed by atoms with Crippen LogP contribution in [0.3, 0.4) is 0 Å². The summed E-state index contributed by atoms with van der Waals surface area (Å²) in [6, 6.07) is 15.6. The Kier molecular flexibility index (Phi) is 3.85. The van der Waals surface area contributed by atoms with Crippen LogP contribution in [0.15, 0.2) is 59.7 Å². The number of amides is 1. The lowest BCUT2D eigenvalue weighted by atomic mass is 10.2. The monoisotopic (exact) mass is 304 g/mol. The van der Waals surface area contributed by atoms with Crippen LogP contribution in [0, 0.1) is 11.3 Å². The van der Waals surface area contributed by atoms with Gasteiger partial charge in [-0.15, -0.1) is 0 Å². The predicted molar refractivity (Wildman–Crippen MR) is 85.8 cm³/mol. The van der Waals surface area contributed by atoms with Crippen molar-refractivity contribution in [2.24, 2.45) is 0 Å². The molecule has 0 unspecified atom stereocenters. The van der Waals surface area contributed by atoms with Crippen molar-refractivity contribution in [3.8, 4) is 6.07 Å². The number of hydrogen-bond donors (Lipinski definition) is 1. The highest BCUT2D eigenvalue weighted by atomic mass is 16.2. The number of anilines is 1. The van der Waals surface area contributed by atoms with Crippen molar-refractivity contribution >= 4 is 22.5 Å². The molecule has 0 radical (unpaired) electrons. The summed E-state index contributed by atoms with van der Waals surface area (Å²) in [6.45, 7) is -0.170. The molecule has 6 heteroatoms. The average molecular weight is 304 g/mol. The third-order valence-electron chi connectivity index (χ3n) is 3.37. The minimum atomic E-state index is -0.396. The summed E-state index contributed by atoms with van der Waals surface area (Å²) in [7, 11) is 0. The zero-order valence-corrected chi connectivity index (χ0v) is 12.1. The minimum Gasteiger partial charge on any atom is -0.323 e. The Morgan fingerprint density at radius 2 is 1.91 bits per heavy atom. The van der Waals surface area contributed by atoms with Gasteiger partial charge in [0.25, 0.3) is 5.56 Å². The minimum absolute atomic E-state index is 0.170. The molecular formula is C17H12N4O2. The Morgan fingerprint density at radius 1 is 1.17 bits per heavy atom. The van der Waals surface area contributed by atoms with Crippen LogP contribution in [-0.4, -0.2) is 15.5 Å². The second kappa shape index (κ2) is 6.12. The highest BCUT2D eigenvalue weighted by molar-refractivity contribution is 5.92. The van der Waals surface area contributed by atoms with E-state index >= 15 is 0 Å². The van der Waals surface area contributed by atoms with Crippen molar-refractivity contribution in [2.45, 2.75) is 6.54 Å². The fourth-order valence-corrected chi connectivity index (χ4v) is 2.25. The number of fused-ring (bicyclic) bond motifs is 1. The van der Waals surface area contributed by atoms with Crippen molar-refractivity contribution in [2.75, 3.05) is 5.32 Å². The Hall–Kier alpha value is -3.46. The number of rotatable bonds is 3. The van der Waals surface area contributed by atoms with Gasteiger partial charge < -0.3 is 5.32 Å². The number of benzene rings is 2. The molecule has 0 atom stereocenters. The number of nitrogens with zero attached hydrogens (tertiary/aromatic N) is 3. The van der Waals surface area contributed by atoms with Crippen LogP contribution < -0.4 is 10.9 Å². The lowest BCUT2D eigenvalue weighted by molar-refractivity contribution is -0.116. The van der Waals surface area contributed by atoms with Gasteiger partial charge in [0, 0.05) is 0 Å². The fraction of sp³-hybridized carbons (Fsp3) is 0.0588. The summed E-state index contributed by atoms with van der Waals surface area (Å²) in [5.41, 5.74) is 1.09. The maximum absolute atomic E-state index is 12.3. The maximum Gasteiger partial charge on any atom is 0.261 e. The standard InChI is InChI=1S/C17H12N4O2/c18-9-12-5-1-3-7-14(12)20-16(22)10-21-11-19-15-8-4-2-6-13(15)17(21)23/h1-8,11H,10H2,(H,20,22).